The van der Waals surface area contributed by atoms with Gasteiger partial charge >= 0.3 is 12.4 Å². The van der Waals surface area contributed by atoms with Crippen LogP contribution in [0.15, 0.2) is 41.4 Å². The zero-order valence-corrected chi connectivity index (χ0v) is 13.4. The van der Waals surface area contributed by atoms with E-state index in [-0.39, 0.29) is 5.02 Å². The molecule has 25 heavy (non-hydrogen) atoms. The summed E-state index contributed by atoms with van der Waals surface area (Å²) in [5, 5.41) is -0.334. The zero-order valence-electron chi connectivity index (χ0n) is 11.8. The largest absolute Gasteiger partial charge is 0.417 e. The molecule has 0 saturated heterocycles. The molecule has 136 valence electrons. The molecule has 0 bridgehead atoms. The Bertz CT molecular complexity index is 879. The average molecular weight is 405 g/mol. The molecule has 12 heteroatoms. The molecular formula is C13H7ClF6N2O2S. The molecule has 2 rings (SSSR count). The smallest absolute Gasteiger partial charge is 0.263 e. The van der Waals surface area contributed by atoms with Gasteiger partial charge in [-0.1, -0.05) is 11.6 Å². The molecule has 1 aromatic carbocycles. The average Bonchev–Trinajstić information content (AvgIpc) is 2.45. The summed E-state index contributed by atoms with van der Waals surface area (Å²) in [5.41, 5.74) is -2.66. The van der Waals surface area contributed by atoms with E-state index < -0.39 is 44.2 Å². The first kappa shape index (κ1) is 19.3. The Kier molecular flexibility index (Phi) is 4.92. The summed E-state index contributed by atoms with van der Waals surface area (Å²) < 4.78 is 102. The number of hydrogen-bond donors (Lipinski definition) is 1. The maximum Gasteiger partial charge on any atom is 0.417 e. The van der Waals surface area contributed by atoms with Crippen molar-refractivity contribution in [1.29, 1.82) is 0 Å². The number of halogens is 7. The van der Waals surface area contributed by atoms with Crippen molar-refractivity contribution >= 4 is 27.4 Å². The quantitative estimate of drug-likeness (QED) is 0.762. The molecular weight excluding hydrogens is 398 g/mol. The van der Waals surface area contributed by atoms with Gasteiger partial charge in [-0.3, -0.25) is 4.72 Å². The Balaban J connectivity index is 2.41. The number of nitrogens with one attached hydrogen (secondary N) is 1. The molecule has 0 aliphatic heterocycles. The monoisotopic (exact) mass is 404 g/mol. The van der Waals surface area contributed by atoms with Crippen LogP contribution in [0.2, 0.25) is 5.02 Å². The van der Waals surface area contributed by atoms with E-state index >= 15 is 0 Å². The maximum atomic E-state index is 13.0. The highest BCUT2D eigenvalue weighted by Gasteiger charge is 2.37. The number of pyridine rings is 1. The number of anilines is 1. The van der Waals surface area contributed by atoms with E-state index in [2.05, 4.69) is 4.98 Å². The van der Waals surface area contributed by atoms with Gasteiger partial charge in [0.25, 0.3) is 10.0 Å². The fourth-order valence-corrected chi connectivity index (χ4v) is 3.16. The second-order valence-electron chi connectivity index (χ2n) is 4.67. The molecule has 0 radical (unpaired) electrons. The van der Waals surface area contributed by atoms with Crippen LogP contribution in [-0.4, -0.2) is 13.4 Å². The number of aromatic nitrogens is 1. The van der Waals surface area contributed by atoms with Crippen LogP contribution < -0.4 is 4.72 Å². The van der Waals surface area contributed by atoms with Crippen LogP contribution in [0.25, 0.3) is 0 Å². The summed E-state index contributed by atoms with van der Waals surface area (Å²) in [6.45, 7) is 0. The fourth-order valence-electron chi connectivity index (χ4n) is 1.77. The van der Waals surface area contributed by atoms with Gasteiger partial charge in [-0.25, -0.2) is 13.4 Å². The van der Waals surface area contributed by atoms with Crippen molar-refractivity contribution in [1.82, 2.24) is 4.98 Å². The van der Waals surface area contributed by atoms with E-state index in [1.807, 2.05) is 0 Å². The highest BCUT2D eigenvalue weighted by molar-refractivity contribution is 7.92. The summed E-state index contributed by atoms with van der Waals surface area (Å²) in [7, 11) is -4.76. The molecule has 1 aromatic heterocycles. The van der Waals surface area contributed by atoms with Gasteiger partial charge in [0.2, 0.25) is 0 Å². The van der Waals surface area contributed by atoms with Crippen LogP contribution in [0.1, 0.15) is 11.1 Å². The molecule has 0 aliphatic carbocycles. The van der Waals surface area contributed by atoms with E-state index in [0.29, 0.717) is 30.5 Å². The van der Waals surface area contributed by atoms with Crippen LogP contribution in [0.4, 0.5) is 32.2 Å². The summed E-state index contributed by atoms with van der Waals surface area (Å²) in [6.07, 6.45) is -9.35. The molecule has 0 saturated carbocycles. The van der Waals surface area contributed by atoms with Crippen molar-refractivity contribution in [2.45, 2.75) is 17.2 Å². The normalized spacial score (nSPS) is 12.9. The summed E-state index contributed by atoms with van der Waals surface area (Å²) in [4.78, 5) is 2.11. The Morgan fingerprint density at radius 1 is 0.960 bits per heavy atom. The van der Waals surface area contributed by atoms with Crippen molar-refractivity contribution in [3.05, 3.63) is 52.7 Å². The molecule has 0 unspecified atom stereocenters. The second-order valence-corrected chi connectivity index (χ2v) is 6.76. The molecule has 0 aliphatic rings. The first-order valence-corrected chi connectivity index (χ1v) is 8.09. The van der Waals surface area contributed by atoms with Crippen molar-refractivity contribution in [3.8, 4) is 0 Å². The van der Waals surface area contributed by atoms with Gasteiger partial charge in [0.15, 0.2) is 0 Å². The lowest BCUT2D eigenvalue weighted by atomic mass is 10.2. The standard InChI is InChI=1S/C13H7ClF6N2O2S/c14-8-2-3-10(9(5-8)13(18,19)20)25(23,24)22-11-4-1-7(6-21-11)12(15,16)17/h1-6H,(H,21,22). The first-order valence-electron chi connectivity index (χ1n) is 6.23. The Hall–Kier alpha value is -2.01. The van der Waals surface area contributed by atoms with Gasteiger partial charge in [-0.15, -0.1) is 0 Å². The number of benzene rings is 1. The number of sulfonamides is 1. The second kappa shape index (κ2) is 6.37. The molecule has 2 aromatic rings. The predicted molar refractivity (Wildman–Crippen MR) is 76.5 cm³/mol. The third-order valence-corrected chi connectivity index (χ3v) is 4.51. The summed E-state index contributed by atoms with van der Waals surface area (Å²) >= 11 is 5.46. The van der Waals surface area contributed by atoms with E-state index in [1.54, 1.807) is 4.72 Å². The number of hydrogen-bond acceptors (Lipinski definition) is 3. The lowest BCUT2D eigenvalue weighted by Crippen LogP contribution is -2.19. The van der Waals surface area contributed by atoms with Crippen molar-refractivity contribution < 1.29 is 34.8 Å². The lowest BCUT2D eigenvalue weighted by Gasteiger charge is -2.14. The molecule has 1 heterocycles. The van der Waals surface area contributed by atoms with Gasteiger partial charge in [-0.2, -0.15) is 26.3 Å². The van der Waals surface area contributed by atoms with Gasteiger partial charge in [-0.05, 0) is 30.3 Å². The molecule has 1 N–H and O–H groups in total. The van der Waals surface area contributed by atoms with Gasteiger partial charge in [0.05, 0.1) is 16.0 Å². The fraction of sp³-hybridized carbons (Fsp3) is 0.154. The lowest BCUT2D eigenvalue weighted by molar-refractivity contribution is -0.140. The van der Waals surface area contributed by atoms with Gasteiger partial charge < -0.3 is 0 Å². The van der Waals surface area contributed by atoms with E-state index in [4.69, 9.17) is 11.6 Å². The minimum Gasteiger partial charge on any atom is -0.263 e. The Morgan fingerprint density at radius 3 is 2.08 bits per heavy atom. The Morgan fingerprint density at radius 2 is 1.60 bits per heavy atom. The topological polar surface area (TPSA) is 59.1 Å². The number of rotatable bonds is 3. The number of nitrogens with zero attached hydrogens (tertiary/aromatic N) is 1. The Labute approximate surface area is 142 Å². The summed E-state index contributed by atoms with van der Waals surface area (Å²) in [5.74, 6) is -0.573. The molecule has 0 amide bonds. The summed E-state index contributed by atoms with van der Waals surface area (Å²) in [6, 6.07) is 3.22. The molecule has 0 fully saturated rings. The van der Waals surface area contributed by atoms with E-state index in [0.717, 1.165) is 6.07 Å². The SMILES string of the molecule is O=S(=O)(Nc1ccc(C(F)(F)F)cn1)c1ccc(Cl)cc1C(F)(F)F. The van der Waals surface area contributed by atoms with Crippen molar-refractivity contribution in [2.24, 2.45) is 0 Å². The van der Waals surface area contributed by atoms with E-state index in [9.17, 15) is 34.8 Å². The van der Waals surface area contributed by atoms with Crippen LogP contribution >= 0.6 is 11.6 Å². The van der Waals surface area contributed by atoms with Crippen LogP contribution in [0, 0.1) is 0 Å². The molecule has 4 nitrogen and oxygen atoms in total. The highest BCUT2D eigenvalue weighted by Crippen LogP contribution is 2.36. The maximum absolute atomic E-state index is 13.0. The minimum atomic E-state index is -5.01. The van der Waals surface area contributed by atoms with Crippen molar-refractivity contribution in [2.75, 3.05) is 4.72 Å². The highest BCUT2D eigenvalue weighted by atomic mass is 35.5. The third-order valence-electron chi connectivity index (χ3n) is 2.87. The predicted octanol–water partition coefficient (Wildman–Crippen LogP) is 4.57. The van der Waals surface area contributed by atoms with Gasteiger partial charge in [0, 0.05) is 11.2 Å². The van der Waals surface area contributed by atoms with Gasteiger partial charge in [0.1, 0.15) is 5.82 Å². The van der Waals surface area contributed by atoms with Crippen LogP contribution in [0.5, 0.6) is 0 Å². The molecule has 0 spiro atoms. The molecule has 0 atom stereocenters. The first-order chi connectivity index (χ1) is 11.3. The van der Waals surface area contributed by atoms with Crippen LogP contribution in [-0.2, 0) is 22.4 Å². The van der Waals surface area contributed by atoms with E-state index in [1.165, 1.54) is 0 Å². The van der Waals surface area contributed by atoms with Crippen LogP contribution in [0.3, 0.4) is 0 Å². The third kappa shape index (κ3) is 4.54. The number of alkyl halides is 6. The van der Waals surface area contributed by atoms with Crippen molar-refractivity contribution in [3.63, 3.8) is 0 Å². The minimum absolute atomic E-state index is 0.334. The zero-order chi connectivity index (χ0) is 19.0.